The fourth-order valence-electron chi connectivity index (χ4n) is 2.03. The van der Waals surface area contributed by atoms with Gasteiger partial charge in [0.05, 0.1) is 5.56 Å². The predicted octanol–water partition coefficient (Wildman–Crippen LogP) is 2.66. The first-order valence-corrected chi connectivity index (χ1v) is 6.77. The Balaban J connectivity index is 2.14. The molecule has 1 aromatic carbocycles. The highest BCUT2D eigenvalue weighted by Gasteiger charge is 2.14. The molecule has 2 aromatic rings. The summed E-state index contributed by atoms with van der Waals surface area (Å²) in [6.45, 7) is 1.36. The fourth-order valence-corrected chi connectivity index (χ4v) is 2.81. The van der Waals surface area contributed by atoms with E-state index in [0.717, 1.165) is 12.1 Å². The van der Waals surface area contributed by atoms with Gasteiger partial charge in [-0.15, -0.1) is 11.3 Å². The minimum absolute atomic E-state index is 0.209. The van der Waals surface area contributed by atoms with Crippen molar-refractivity contribution in [2.45, 2.75) is 13.1 Å². The molecule has 0 spiro atoms. The molecule has 2 rings (SSSR count). The van der Waals surface area contributed by atoms with Gasteiger partial charge in [0.1, 0.15) is 0 Å². The summed E-state index contributed by atoms with van der Waals surface area (Å²) in [4.78, 5) is 14.6. The number of benzene rings is 1. The molecule has 5 heteroatoms. The third kappa shape index (κ3) is 3.33. The number of anilines is 1. The number of aromatic carboxylic acids is 1. The van der Waals surface area contributed by atoms with Crippen LogP contribution >= 0.6 is 11.3 Å². The van der Waals surface area contributed by atoms with Crippen LogP contribution in [0.3, 0.4) is 0 Å². The first-order valence-electron chi connectivity index (χ1n) is 5.89. The molecule has 100 valence electrons. The number of nitrogens with two attached hydrogens (primary N) is 1. The van der Waals surface area contributed by atoms with Crippen LogP contribution in [-0.2, 0) is 13.1 Å². The highest BCUT2D eigenvalue weighted by Crippen LogP contribution is 2.20. The molecule has 0 aliphatic carbocycles. The minimum atomic E-state index is -0.974. The second-order valence-corrected chi connectivity index (χ2v) is 5.47. The number of thiophene rings is 1. The van der Waals surface area contributed by atoms with Crippen molar-refractivity contribution in [2.75, 3.05) is 12.8 Å². The van der Waals surface area contributed by atoms with Crippen LogP contribution in [0.25, 0.3) is 0 Å². The Morgan fingerprint density at radius 2 is 2.11 bits per heavy atom. The Hall–Kier alpha value is -1.85. The molecule has 19 heavy (non-hydrogen) atoms. The van der Waals surface area contributed by atoms with E-state index in [2.05, 4.69) is 11.0 Å². The van der Waals surface area contributed by atoms with E-state index in [0.29, 0.717) is 12.2 Å². The molecule has 3 N–H and O–H groups in total. The lowest BCUT2D eigenvalue weighted by atomic mass is 10.1. The third-order valence-electron chi connectivity index (χ3n) is 2.84. The Morgan fingerprint density at radius 3 is 2.74 bits per heavy atom. The van der Waals surface area contributed by atoms with Gasteiger partial charge in [-0.2, -0.15) is 0 Å². The molecule has 0 saturated heterocycles. The van der Waals surface area contributed by atoms with Crippen molar-refractivity contribution >= 4 is 23.0 Å². The molecule has 1 aromatic heterocycles. The van der Waals surface area contributed by atoms with Gasteiger partial charge in [-0.25, -0.2) is 4.79 Å². The lowest BCUT2D eigenvalue weighted by Crippen LogP contribution is -2.19. The lowest BCUT2D eigenvalue weighted by molar-refractivity contribution is 0.0696. The number of carboxylic acids is 1. The molecule has 0 aliphatic heterocycles. The number of nitrogen functional groups attached to an aromatic ring is 1. The van der Waals surface area contributed by atoms with Gasteiger partial charge in [0, 0.05) is 23.7 Å². The predicted molar refractivity (Wildman–Crippen MR) is 77.3 cm³/mol. The van der Waals surface area contributed by atoms with Gasteiger partial charge in [0.25, 0.3) is 0 Å². The zero-order valence-corrected chi connectivity index (χ0v) is 11.5. The summed E-state index contributed by atoms with van der Waals surface area (Å²) in [5.41, 5.74) is 7.00. The number of hydrogen-bond donors (Lipinski definition) is 2. The van der Waals surface area contributed by atoms with Crippen molar-refractivity contribution in [3.8, 4) is 0 Å². The van der Waals surface area contributed by atoms with Crippen molar-refractivity contribution in [3.05, 3.63) is 51.7 Å². The second kappa shape index (κ2) is 5.86. The van der Waals surface area contributed by atoms with E-state index in [-0.39, 0.29) is 5.56 Å². The average molecular weight is 276 g/mol. The SMILES string of the molecule is CN(Cc1cccs1)Cc1cccc(N)c1C(=O)O. The molecule has 0 saturated carbocycles. The summed E-state index contributed by atoms with van der Waals surface area (Å²) in [5.74, 6) is -0.974. The third-order valence-corrected chi connectivity index (χ3v) is 3.70. The van der Waals surface area contributed by atoms with Crippen LogP contribution in [0.2, 0.25) is 0 Å². The summed E-state index contributed by atoms with van der Waals surface area (Å²) in [7, 11) is 1.97. The largest absolute Gasteiger partial charge is 0.478 e. The number of carbonyl (C=O) groups is 1. The van der Waals surface area contributed by atoms with Crippen molar-refractivity contribution < 1.29 is 9.90 Å². The van der Waals surface area contributed by atoms with Gasteiger partial charge in [0.15, 0.2) is 0 Å². The summed E-state index contributed by atoms with van der Waals surface area (Å²) >= 11 is 1.69. The topological polar surface area (TPSA) is 66.6 Å². The zero-order chi connectivity index (χ0) is 13.8. The quantitative estimate of drug-likeness (QED) is 0.824. The molecule has 0 unspecified atom stereocenters. The molecule has 1 heterocycles. The van der Waals surface area contributed by atoms with Gasteiger partial charge in [-0.3, -0.25) is 4.90 Å². The van der Waals surface area contributed by atoms with E-state index in [9.17, 15) is 9.90 Å². The molecular formula is C14H16N2O2S. The van der Waals surface area contributed by atoms with Crippen LogP contribution in [0.4, 0.5) is 5.69 Å². The highest BCUT2D eigenvalue weighted by molar-refractivity contribution is 7.09. The van der Waals surface area contributed by atoms with Crippen molar-refractivity contribution in [1.29, 1.82) is 0 Å². The Bertz CT molecular complexity index is 567. The number of nitrogens with zero attached hydrogens (tertiary/aromatic N) is 1. The van der Waals surface area contributed by atoms with Gasteiger partial charge < -0.3 is 10.8 Å². The van der Waals surface area contributed by atoms with Crippen LogP contribution in [0.1, 0.15) is 20.8 Å². The number of hydrogen-bond acceptors (Lipinski definition) is 4. The lowest BCUT2D eigenvalue weighted by Gasteiger charge is -2.17. The average Bonchev–Trinajstić information content (AvgIpc) is 2.81. The summed E-state index contributed by atoms with van der Waals surface area (Å²) in [6.07, 6.45) is 0. The molecule has 0 amide bonds. The normalized spacial score (nSPS) is 10.8. The molecule has 0 bridgehead atoms. The maximum absolute atomic E-state index is 11.2. The van der Waals surface area contributed by atoms with E-state index in [4.69, 9.17) is 5.73 Å². The van der Waals surface area contributed by atoms with E-state index < -0.39 is 5.97 Å². The smallest absolute Gasteiger partial charge is 0.338 e. The van der Waals surface area contributed by atoms with Crippen LogP contribution in [0, 0.1) is 0 Å². The Morgan fingerprint density at radius 1 is 1.32 bits per heavy atom. The highest BCUT2D eigenvalue weighted by atomic mass is 32.1. The van der Waals surface area contributed by atoms with E-state index in [1.165, 1.54) is 4.88 Å². The van der Waals surface area contributed by atoms with Gasteiger partial charge >= 0.3 is 5.97 Å². The van der Waals surface area contributed by atoms with Crippen molar-refractivity contribution in [3.63, 3.8) is 0 Å². The van der Waals surface area contributed by atoms with Gasteiger partial charge in [0.2, 0.25) is 0 Å². The van der Waals surface area contributed by atoms with E-state index >= 15 is 0 Å². The minimum Gasteiger partial charge on any atom is -0.478 e. The first-order chi connectivity index (χ1) is 9.08. The Labute approximate surface area is 116 Å². The molecular weight excluding hydrogens is 260 g/mol. The van der Waals surface area contributed by atoms with Gasteiger partial charge in [-0.05, 0) is 30.1 Å². The van der Waals surface area contributed by atoms with Crippen LogP contribution < -0.4 is 5.73 Å². The standard InChI is InChI=1S/C14H16N2O2S/c1-16(9-11-5-3-7-19-11)8-10-4-2-6-12(15)13(10)14(17)18/h2-7H,8-9,15H2,1H3,(H,17,18). The zero-order valence-electron chi connectivity index (χ0n) is 10.7. The molecule has 4 nitrogen and oxygen atoms in total. The second-order valence-electron chi connectivity index (χ2n) is 4.44. The summed E-state index contributed by atoms with van der Waals surface area (Å²) in [6, 6.07) is 9.29. The summed E-state index contributed by atoms with van der Waals surface area (Å²) < 4.78 is 0. The Kier molecular flexibility index (Phi) is 4.19. The maximum atomic E-state index is 11.2. The van der Waals surface area contributed by atoms with E-state index in [1.54, 1.807) is 23.5 Å². The van der Waals surface area contributed by atoms with Crippen LogP contribution in [0.5, 0.6) is 0 Å². The van der Waals surface area contributed by atoms with E-state index in [1.807, 2.05) is 24.6 Å². The molecule has 0 aliphatic rings. The number of carboxylic acid groups (broad SMARTS) is 1. The maximum Gasteiger partial charge on any atom is 0.338 e. The van der Waals surface area contributed by atoms with Crippen LogP contribution in [0.15, 0.2) is 35.7 Å². The molecule has 0 atom stereocenters. The number of rotatable bonds is 5. The molecule has 0 radical (unpaired) electrons. The monoisotopic (exact) mass is 276 g/mol. The fraction of sp³-hybridized carbons (Fsp3) is 0.214. The van der Waals surface area contributed by atoms with Crippen molar-refractivity contribution in [2.24, 2.45) is 0 Å². The van der Waals surface area contributed by atoms with Crippen molar-refractivity contribution in [1.82, 2.24) is 4.90 Å². The van der Waals surface area contributed by atoms with Crippen LogP contribution in [-0.4, -0.2) is 23.0 Å². The summed E-state index contributed by atoms with van der Waals surface area (Å²) in [5, 5.41) is 11.3. The first kappa shape index (κ1) is 13.6. The van der Waals surface area contributed by atoms with Gasteiger partial charge in [-0.1, -0.05) is 18.2 Å². The molecule has 0 fully saturated rings.